The van der Waals surface area contributed by atoms with Crippen molar-refractivity contribution in [3.8, 4) is 6.07 Å². The first-order chi connectivity index (χ1) is 14.0. The van der Waals surface area contributed by atoms with Gasteiger partial charge in [0, 0.05) is 12.3 Å². The molecule has 10 heteroatoms. The van der Waals surface area contributed by atoms with E-state index >= 15 is 0 Å². The molecule has 1 aliphatic heterocycles. The van der Waals surface area contributed by atoms with Crippen LogP contribution in [-0.2, 0) is 27.2 Å². The van der Waals surface area contributed by atoms with E-state index in [1.165, 1.54) is 0 Å². The van der Waals surface area contributed by atoms with E-state index in [1.54, 1.807) is 0 Å². The molecule has 0 unspecified atom stereocenters. The van der Waals surface area contributed by atoms with Gasteiger partial charge in [-0.2, -0.15) is 5.26 Å². The molecule has 1 saturated heterocycles. The molecule has 1 atom stereocenters. The van der Waals surface area contributed by atoms with Crippen molar-refractivity contribution in [2.75, 3.05) is 18.5 Å². The fourth-order valence-electron chi connectivity index (χ4n) is 3.31. The topological polar surface area (TPSA) is 119 Å². The number of anilines is 1. The predicted octanol–water partition coefficient (Wildman–Crippen LogP) is 2.37. The lowest BCUT2D eigenvalue weighted by molar-refractivity contribution is -0.119. The van der Waals surface area contributed by atoms with Crippen LogP contribution in [0.1, 0.15) is 52.0 Å². The van der Waals surface area contributed by atoms with Gasteiger partial charge in [0.1, 0.15) is 11.9 Å². The van der Waals surface area contributed by atoms with Crippen LogP contribution in [0.4, 0.5) is 5.82 Å². The summed E-state index contributed by atoms with van der Waals surface area (Å²) in [5, 5.41) is 16.2. The van der Waals surface area contributed by atoms with E-state index in [-0.39, 0.29) is 6.10 Å². The molecule has 0 radical (unpaired) electrons. The average Bonchev–Trinajstić information content (AvgIpc) is 3.44. The average molecular weight is 417 g/mol. The van der Waals surface area contributed by atoms with E-state index in [0.29, 0.717) is 34.9 Å². The minimum absolute atomic E-state index is 0.0480. The molecule has 2 aromatic heterocycles. The van der Waals surface area contributed by atoms with Gasteiger partial charge in [0.25, 0.3) is 5.91 Å². The summed E-state index contributed by atoms with van der Waals surface area (Å²) < 4.78 is 16.4. The lowest BCUT2D eigenvalue weighted by Gasteiger charge is -2.16. The zero-order valence-electron chi connectivity index (χ0n) is 16.7. The molecule has 0 bridgehead atoms. The summed E-state index contributed by atoms with van der Waals surface area (Å²) in [5.41, 5.74) is 2.65. The molecule has 154 valence electrons. The second-order valence-electron chi connectivity index (χ2n) is 6.82. The number of aryl methyl sites for hydroxylation is 1. The quantitative estimate of drug-likeness (QED) is 0.687. The zero-order valence-corrected chi connectivity index (χ0v) is 17.5. The Kier molecular flexibility index (Phi) is 6.61. The molecule has 3 heterocycles. The lowest BCUT2D eigenvalue weighted by Crippen LogP contribution is -2.25. The van der Waals surface area contributed by atoms with Crippen LogP contribution in [0, 0.1) is 25.2 Å². The SMILES string of the molecule is CCc1nnsc1C(=O)OCC(=O)Nc1c(C#N)c(C)c(C)n1C[C@H]1CCCO1. The fourth-order valence-corrected chi connectivity index (χ4v) is 3.96. The largest absolute Gasteiger partial charge is 0.451 e. The first-order valence-corrected chi connectivity index (χ1v) is 10.2. The molecular weight excluding hydrogens is 394 g/mol. The minimum Gasteiger partial charge on any atom is -0.451 e. The molecular formula is C19H23N5O4S. The molecule has 0 spiro atoms. The van der Waals surface area contributed by atoms with Crippen molar-refractivity contribution < 1.29 is 19.1 Å². The summed E-state index contributed by atoms with van der Waals surface area (Å²) in [6, 6.07) is 2.16. The number of ether oxygens (including phenoxy) is 2. The molecule has 1 amide bonds. The van der Waals surface area contributed by atoms with Crippen LogP contribution in [0.2, 0.25) is 0 Å². The molecule has 1 fully saturated rings. The van der Waals surface area contributed by atoms with Gasteiger partial charge in [-0.05, 0) is 50.2 Å². The first-order valence-electron chi connectivity index (χ1n) is 9.45. The number of carbonyl (C=O) groups excluding carboxylic acids is 2. The van der Waals surface area contributed by atoms with Gasteiger partial charge >= 0.3 is 5.97 Å². The lowest BCUT2D eigenvalue weighted by atomic mass is 10.2. The van der Waals surface area contributed by atoms with E-state index in [2.05, 4.69) is 21.0 Å². The van der Waals surface area contributed by atoms with Crippen molar-refractivity contribution in [1.29, 1.82) is 5.26 Å². The van der Waals surface area contributed by atoms with Gasteiger partial charge in [0.05, 0.1) is 23.9 Å². The minimum atomic E-state index is -0.630. The Labute approximate surface area is 172 Å². The highest BCUT2D eigenvalue weighted by Crippen LogP contribution is 2.28. The second-order valence-corrected chi connectivity index (χ2v) is 7.57. The monoisotopic (exact) mass is 417 g/mol. The van der Waals surface area contributed by atoms with Gasteiger partial charge in [0.15, 0.2) is 11.5 Å². The van der Waals surface area contributed by atoms with Crippen LogP contribution in [0.25, 0.3) is 0 Å². The van der Waals surface area contributed by atoms with Crippen molar-refractivity contribution in [2.24, 2.45) is 0 Å². The molecule has 29 heavy (non-hydrogen) atoms. The van der Waals surface area contributed by atoms with Gasteiger partial charge in [-0.25, -0.2) is 4.79 Å². The van der Waals surface area contributed by atoms with Crippen molar-refractivity contribution in [1.82, 2.24) is 14.2 Å². The zero-order chi connectivity index (χ0) is 21.0. The molecule has 3 rings (SSSR count). The maximum absolute atomic E-state index is 12.4. The Bertz CT molecular complexity index is 953. The molecule has 0 aromatic carbocycles. The molecule has 2 aromatic rings. The third-order valence-corrected chi connectivity index (χ3v) is 5.77. The standard InChI is InChI=1S/C19H23N5O4S/c1-4-15-17(29-23-22-15)19(26)28-10-16(25)21-18-14(8-20)11(2)12(3)24(18)9-13-6-5-7-27-13/h13H,4-7,9-10H2,1-3H3,(H,21,25)/t13-/m1/s1. The third-order valence-electron chi connectivity index (χ3n) is 5.02. The summed E-state index contributed by atoms with van der Waals surface area (Å²) >= 11 is 0.941. The normalized spacial score (nSPS) is 15.9. The molecule has 1 N–H and O–H groups in total. The van der Waals surface area contributed by atoms with Gasteiger partial charge in [0.2, 0.25) is 0 Å². The van der Waals surface area contributed by atoms with Crippen molar-refractivity contribution in [3.63, 3.8) is 0 Å². The fraction of sp³-hybridized carbons (Fsp3) is 0.526. The van der Waals surface area contributed by atoms with Crippen molar-refractivity contribution in [2.45, 2.75) is 52.7 Å². The summed E-state index contributed by atoms with van der Waals surface area (Å²) in [4.78, 5) is 24.9. The number of rotatable bonds is 7. The van der Waals surface area contributed by atoms with Gasteiger partial charge in [-0.15, -0.1) is 5.10 Å². The Morgan fingerprint density at radius 2 is 2.24 bits per heavy atom. The van der Waals surface area contributed by atoms with E-state index in [9.17, 15) is 14.9 Å². The third kappa shape index (κ3) is 4.46. The second kappa shape index (κ2) is 9.15. The maximum atomic E-state index is 12.4. The molecule has 1 aliphatic rings. The predicted molar refractivity (Wildman–Crippen MR) is 106 cm³/mol. The Morgan fingerprint density at radius 3 is 2.90 bits per heavy atom. The van der Waals surface area contributed by atoms with E-state index in [4.69, 9.17) is 9.47 Å². The molecule has 0 aliphatic carbocycles. The Hall–Kier alpha value is -2.77. The number of esters is 1. The number of hydrogen-bond acceptors (Lipinski definition) is 8. The van der Waals surface area contributed by atoms with Gasteiger partial charge in [-0.1, -0.05) is 11.4 Å². The highest BCUT2D eigenvalue weighted by atomic mass is 32.1. The van der Waals surface area contributed by atoms with E-state index in [0.717, 1.165) is 42.2 Å². The Morgan fingerprint density at radius 1 is 1.45 bits per heavy atom. The van der Waals surface area contributed by atoms with Crippen LogP contribution >= 0.6 is 11.5 Å². The molecule has 9 nitrogen and oxygen atoms in total. The van der Waals surface area contributed by atoms with Gasteiger partial charge in [-0.3, -0.25) is 4.79 Å². The number of amides is 1. The number of nitriles is 1. The summed E-state index contributed by atoms with van der Waals surface area (Å²) in [7, 11) is 0. The first kappa shape index (κ1) is 21.0. The summed E-state index contributed by atoms with van der Waals surface area (Å²) in [6.07, 6.45) is 2.53. The number of carbonyl (C=O) groups is 2. The highest BCUT2D eigenvalue weighted by molar-refractivity contribution is 7.07. The summed E-state index contributed by atoms with van der Waals surface area (Å²) in [6.45, 7) is 6.42. The van der Waals surface area contributed by atoms with Crippen LogP contribution < -0.4 is 5.32 Å². The van der Waals surface area contributed by atoms with Crippen LogP contribution in [-0.4, -0.2) is 45.3 Å². The van der Waals surface area contributed by atoms with E-state index in [1.807, 2.05) is 25.3 Å². The number of nitrogens with one attached hydrogen (secondary N) is 1. The maximum Gasteiger partial charge on any atom is 0.352 e. The van der Waals surface area contributed by atoms with Crippen molar-refractivity contribution in [3.05, 3.63) is 27.4 Å². The Balaban J connectivity index is 1.71. The van der Waals surface area contributed by atoms with Crippen LogP contribution in [0.5, 0.6) is 0 Å². The number of nitrogens with zero attached hydrogens (tertiary/aromatic N) is 4. The molecule has 0 saturated carbocycles. The smallest absolute Gasteiger partial charge is 0.352 e. The van der Waals surface area contributed by atoms with Crippen LogP contribution in [0.15, 0.2) is 0 Å². The highest BCUT2D eigenvalue weighted by Gasteiger charge is 2.24. The van der Waals surface area contributed by atoms with E-state index < -0.39 is 18.5 Å². The van der Waals surface area contributed by atoms with Crippen LogP contribution in [0.3, 0.4) is 0 Å². The summed E-state index contributed by atoms with van der Waals surface area (Å²) in [5.74, 6) is -0.737. The number of aromatic nitrogens is 3. The number of hydrogen-bond donors (Lipinski definition) is 1. The van der Waals surface area contributed by atoms with Gasteiger partial charge < -0.3 is 19.4 Å². The van der Waals surface area contributed by atoms with Crippen molar-refractivity contribution >= 4 is 29.2 Å².